The minimum Gasteiger partial charge on any atom is -0.466 e. The average molecular weight is 216 g/mol. The smallest absolute Gasteiger partial charge is 0.110 e. The molecule has 0 unspecified atom stereocenters. The van der Waals surface area contributed by atoms with E-state index in [2.05, 4.69) is 19.1 Å². The number of hydrogen-bond acceptors (Lipinski definition) is 1. The van der Waals surface area contributed by atoms with Gasteiger partial charge in [0.1, 0.15) is 11.5 Å². The van der Waals surface area contributed by atoms with Crippen molar-refractivity contribution in [2.24, 2.45) is 17.8 Å². The Kier molecular flexibility index (Phi) is 1.71. The van der Waals surface area contributed by atoms with Gasteiger partial charge < -0.3 is 4.42 Å². The van der Waals surface area contributed by atoms with Gasteiger partial charge in [-0.25, -0.2) is 0 Å². The second-order valence-corrected chi connectivity index (χ2v) is 6.61. The van der Waals surface area contributed by atoms with Gasteiger partial charge in [-0.05, 0) is 75.3 Å². The maximum atomic E-state index is 5.97. The largest absolute Gasteiger partial charge is 0.466 e. The molecule has 86 valence electrons. The second kappa shape index (κ2) is 2.94. The molecule has 0 aromatic carbocycles. The molecule has 0 atom stereocenters. The van der Waals surface area contributed by atoms with Crippen molar-refractivity contribution in [2.75, 3.05) is 0 Å². The molecule has 0 amide bonds. The van der Waals surface area contributed by atoms with Gasteiger partial charge in [-0.1, -0.05) is 0 Å². The van der Waals surface area contributed by atoms with Crippen LogP contribution in [0.4, 0.5) is 0 Å². The van der Waals surface area contributed by atoms with Crippen LogP contribution in [0.3, 0.4) is 0 Å². The molecule has 4 bridgehead atoms. The van der Waals surface area contributed by atoms with E-state index in [1.165, 1.54) is 44.3 Å². The van der Waals surface area contributed by atoms with Gasteiger partial charge in [-0.3, -0.25) is 0 Å². The maximum absolute atomic E-state index is 5.97. The minimum absolute atomic E-state index is 0.447. The van der Waals surface area contributed by atoms with Crippen molar-refractivity contribution in [1.29, 1.82) is 0 Å². The van der Waals surface area contributed by atoms with E-state index in [0.29, 0.717) is 5.41 Å². The molecule has 0 N–H and O–H groups in total. The summed E-state index contributed by atoms with van der Waals surface area (Å²) in [7, 11) is 0. The molecule has 0 spiro atoms. The summed E-state index contributed by atoms with van der Waals surface area (Å²) in [5, 5.41) is 0. The molecule has 1 heterocycles. The highest BCUT2D eigenvalue weighted by Gasteiger charge is 2.52. The standard InChI is InChI=1S/C15H20O/c1-10-2-3-14(16-10)15-7-11-4-12(8-15)6-13(5-11)9-15/h2-3,11-13H,4-9H2,1H3. The van der Waals surface area contributed by atoms with Gasteiger partial charge in [0.25, 0.3) is 0 Å². The zero-order valence-corrected chi connectivity index (χ0v) is 10.0. The fourth-order valence-electron chi connectivity index (χ4n) is 5.13. The maximum Gasteiger partial charge on any atom is 0.110 e. The highest BCUT2D eigenvalue weighted by molar-refractivity contribution is 5.22. The Balaban J connectivity index is 1.76. The van der Waals surface area contributed by atoms with Gasteiger partial charge in [0.15, 0.2) is 0 Å². The molecule has 0 saturated heterocycles. The van der Waals surface area contributed by atoms with E-state index in [-0.39, 0.29) is 0 Å². The molecule has 0 radical (unpaired) electrons. The van der Waals surface area contributed by atoms with Crippen molar-refractivity contribution in [3.8, 4) is 0 Å². The molecule has 4 aliphatic rings. The first kappa shape index (κ1) is 9.32. The Hall–Kier alpha value is -0.720. The SMILES string of the molecule is Cc1ccc(C23CC4CC(CC(C4)C2)C3)o1. The normalized spacial score (nSPS) is 45.2. The minimum atomic E-state index is 0.447. The molecule has 4 aliphatic carbocycles. The van der Waals surface area contributed by atoms with Gasteiger partial charge >= 0.3 is 0 Å². The first-order chi connectivity index (χ1) is 7.73. The summed E-state index contributed by atoms with van der Waals surface area (Å²) < 4.78 is 5.97. The Morgan fingerprint density at radius 1 is 1.00 bits per heavy atom. The quantitative estimate of drug-likeness (QED) is 0.690. The summed E-state index contributed by atoms with van der Waals surface area (Å²) in [5.41, 5.74) is 0.447. The van der Waals surface area contributed by atoms with E-state index in [9.17, 15) is 0 Å². The summed E-state index contributed by atoms with van der Waals surface area (Å²) in [4.78, 5) is 0. The summed E-state index contributed by atoms with van der Waals surface area (Å²) in [6.07, 6.45) is 8.76. The first-order valence-electron chi connectivity index (χ1n) is 6.80. The number of furan rings is 1. The molecule has 4 fully saturated rings. The van der Waals surface area contributed by atoms with Gasteiger partial charge in [0.2, 0.25) is 0 Å². The first-order valence-corrected chi connectivity index (χ1v) is 6.80. The highest BCUT2D eigenvalue weighted by atomic mass is 16.3. The van der Waals surface area contributed by atoms with Crippen LogP contribution in [0, 0.1) is 24.7 Å². The van der Waals surface area contributed by atoms with Gasteiger partial charge in [0.05, 0.1) is 0 Å². The van der Waals surface area contributed by atoms with Crippen LogP contribution in [-0.4, -0.2) is 0 Å². The van der Waals surface area contributed by atoms with Crippen molar-refractivity contribution < 1.29 is 4.42 Å². The van der Waals surface area contributed by atoms with Crippen LogP contribution >= 0.6 is 0 Å². The molecule has 1 aromatic rings. The van der Waals surface area contributed by atoms with E-state index >= 15 is 0 Å². The number of rotatable bonds is 1. The number of aryl methyl sites for hydroxylation is 1. The van der Waals surface area contributed by atoms with Crippen LogP contribution in [0.15, 0.2) is 16.5 Å². The van der Waals surface area contributed by atoms with Crippen LogP contribution in [0.1, 0.15) is 50.0 Å². The third kappa shape index (κ3) is 1.18. The average Bonchev–Trinajstić information content (AvgIpc) is 2.63. The summed E-state index contributed by atoms with van der Waals surface area (Å²) in [5.74, 6) is 5.43. The van der Waals surface area contributed by atoms with Gasteiger partial charge in [-0.2, -0.15) is 0 Å². The van der Waals surface area contributed by atoms with E-state index < -0.39 is 0 Å². The lowest BCUT2D eigenvalue weighted by Gasteiger charge is -2.55. The molecule has 16 heavy (non-hydrogen) atoms. The number of hydrogen-bond donors (Lipinski definition) is 0. The topological polar surface area (TPSA) is 13.1 Å². The predicted molar refractivity (Wildman–Crippen MR) is 63.3 cm³/mol. The van der Waals surface area contributed by atoms with E-state index in [1.807, 2.05) is 0 Å². The molecule has 1 aromatic heterocycles. The van der Waals surface area contributed by atoms with Gasteiger partial charge in [-0.15, -0.1) is 0 Å². The molecule has 1 heteroatoms. The zero-order valence-electron chi connectivity index (χ0n) is 10.0. The van der Waals surface area contributed by atoms with Crippen LogP contribution < -0.4 is 0 Å². The molecule has 0 aliphatic heterocycles. The van der Waals surface area contributed by atoms with Crippen molar-refractivity contribution in [2.45, 2.75) is 50.9 Å². The molecular weight excluding hydrogens is 196 g/mol. The highest BCUT2D eigenvalue weighted by Crippen LogP contribution is 2.60. The molecule has 4 saturated carbocycles. The van der Waals surface area contributed by atoms with Crippen LogP contribution in [-0.2, 0) is 5.41 Å². The molecular formula is C15H20O. The summed E-state index contributed by atoms with van der Waals surface area (Å²) >= 11 is 0. The summed E-state index contributed by atoms with van der Waals surface area (Å²) in [6, 6.07) is 4.40. The van der Waals surface area contributed by atoms with Crippen LogP contribution in [0.2, 0.25) is 0 Å². The fraction of sp³-hybridized carbons (Fsp3) is 0.733. The van der Waals surface area contributed by atoms with Crippen molar-refractivity contribution in [3.05, 3.63) is 23.7 Å². The van der Waals surface area contributed by atoms with E-state index in [4.69, 9.17) is 4.42 Å². The van der Waals surface area contributed by atoms with Gasteiger partial charge in [0, 0.05) is 5.41 Å². The monoisotopic (exact) mass is 216 g/mol. The van der Waals surface area contributed by atoms with Crippen molar-refractivity contribution >= 4 is 0 Å². The lowest BCUT2D eigenvalue weighted by Crippen LogP contribution is -2.48. The van der Waals surface area contributed by atoms with Crippen LogP contribution in [0.25, 0.3) is 0 Å². The molecule has 1 nitrogen and oxygen atoms in total. The lowest BCUT2D eigenvalue weighted by atomic mass is 9.49. The Morgan fingerprint density at radius 2 is 1.56 bits per heavy atom. The van der Waals surface area contributed by atoms with Crippen LogP contribution in [0.5, 0.6) is 0 Å². The third-order valence-corrected chi connectivity index (χ3v) is 5.30. The lowest BCUT2D eigenvalue weighted by molar-refractivity contribution is -0.0154. The zero-order chi connectivity index (χ0) is 10.8. The summed E-state index contributed by atoms with van der Waals surface area (Å²) in [6.45, 7) is 2.07. The second-order valence-electron chi connectivity index (χ2n) is 6.61. The fourth-order valence-corrected chi connectivity index (χ4v) is 5.13. The van der Waals surface area contributed by atoms with Crippen molar-refractivity contribution in [1.82, 2.24) is 0 Å². The Morgan fingerprint density at radius 3 is 2.00 bits per heavy atom. The Labute approximate surface area is 97.2 Å². The predicted octanol–water partition coefficient (Wildman–Crippen LogP) is 4.06. The van der Waals surface area contributed by atoms with Crippen molar-refractivity contribution in [3.63, 3.8) is 0 Å². The third-order valence-electron chi connectivity index (χ3n) is 5.30. The van der Waals surface area contributed by atoms with E-state index in [1.54, 1.807) is 0 Å². The molecule has 5 rings (SSSR count). The Bertz CT molecular complexity index is 380. The van der Waals surface area contributed by atoms with E-state index in [0.717, 1.165) is 23.5 Å².